The van der Waals surface area contributed by atoms with Crippen LogP contribution in [0, 0.1) is 6.92 Å². The monoisotopic (exact) mass is 432 g/mol. The molecule has 5 rings (SSSR count). The van der Waals surface area contributed by atoms with E-state index >= 15 is 0 Å². The second kappa shape index (κ2) is 7.25. The third-order valence-electron chi connectivity index (χ3n) is 5.39. The molecule has 1 atom stereocenters. The molecule has 6 nitrogen and oxygen atoms in total. The fraction of sp³-hybridized carbons (Fsp3) is 0.125. The van der Waals surface area contributed by atoms with Gasteiger partial charge in [-0.25, -0.2) is 4.98 Å². The zero-order valence-electron chi connectivity index (χ0n) is 16.8. The molecule has 0 unspecified atom stereocenters. The van der Waals surface area contributed by atoms with Crippen LogP contribution in [0.3, 0.4) is 0 Å². The molecule has 154 valence electrons. The summed E-state index contributed by atoms with van der Waals surface area (Å²) >= 11 is 6.12. The van der Waals surface area contributed by atoms with Gasteiger partial charge in [0.1, 0.15) is 17.2 Å². The first kappa shape index (κ1) is 19.3. The number of nitrogens with zero attached hydrogens (tertiary/aromatic N) is 2. The van der Waals surface area contributed by atoms with Crippen LogP contribution in [0.2, 0.25) is 5.02 Å². The van der Waals surface area contributed by atoms with Gasteiger partial charge in [-0.05, 0) is 60.5 Å². The first-order chi connectivity index (χ1) is 15.0. The lowest BCUT2D eigenvalue weighted by molar-refractivity contribution is 0.0970. The summed E-state index contributed by atoms with van der Waals surface area (Å²) in [6, 6.07) is 15.0. The number of benzene rings is 2. The minimum absolute atomic E-state index is 0.0101. The molecular weight excluding hydrogens is 416 g/mol. The third kappa shape index (κ3) is 3.07. The Morgan fingerprint density at radius 1 is 1.10 bits per heavy atom. The molecule has 0 saturated heterocycles. The standard InChI is InChI=1S/C24H17ClN2O4/c1-13-8-9-26-19(10-13)27-21(14-4-3-5-16(11-14)30-2)20-22(28)17-12-15(25)6-7-18(17)31-23(20)24(27)29/h3-12,21H,1-2H3/t21-/m0/s1. The van der Waals surface area contributed by atoms with Crippen molar-refractivity contribution < 1.29 is 13.9 Å². The number of ether oxygens (including phenoxy) is 1. The summed E-state index contributed by atoms with van der Waals surface area (Å²) in [5, 5.41) is 0.741. The average molecular weight is 433 g/mol. The lowest BCUT2D eigenvalue weighted by Crippen LogP contribution is -2.30. The van der Waals surface area contributed by atoms with E-state index < -0.39 is 11.9 Å². The Bertz CT molecular complexity index is 1410. The zero-order chi connectivity index (χ0) is 21.7. The third-order valence-corrected chi connectivity index (χ3v) is 5.62. The maximum atomic E-state index is 13.6. The summed E-state index contributed by atoms with van der Waals surface area (Å²) in [4.78, 5) is 32.9. The molecule has 0 spiro atoms. The number of pyridine rings is 1. The highest BCUT2D eigenvalue weighted by Gasteiger charge is 2.44. The number of halogens is 1. The Morgan fingerprint density at radius 2 is 1.94 bits per heavy atom. The van der Waals surface area contributed by atoms with Crippen LogP contribution < -0.4 is 15.1 Å². The van der Waals surface area contributed by atoms with Gasteiger partial charge in [0.05, 0.1) is 24.1 Å². The van der Waals surface area contributed by atoms with Crippen molar-refractivity contribution >= 4 is 34.3 Å². The van der Waals surface area contributed by atoms with Crippen molar-refractivity contribution in [3.63, 3.8) is 0 Å². The number of carbonyl (C=O) groups excluding carboxylic acids is 1. The zero-order valence-corrected chi connectivity index (χ0v) is 17.5. The van der Waals surface area contributed by atoms with E-state index in [1.165, 1.54) is 4.90 Å². The molecule has 4 aromatic rings. The average Bonchev–Trinajstić information content (AvgIpc) is 3.07. The predicted molar refractivity (Wildman–Crippen MR) is 118 cm³/mol. The first-order valence-electron chi connectivity index (χ1n) is 9.64. The van der Waals surface area contributed by atoms with Crippen molar-refractivity contribution in [3.05, 3.63) is 98.5 Å². The molecule has 3 heterocycles. The summed E-state index contributed by atoms with van der Waals surface area (Å²) in [7, 11) is 1.57. The van der Waals surface area contributed by atoms with Crippen molar-refractivity contribution in [2.75, 3.05) is 12.0 Å². The molecular formula is C24H17ClN2O4. The van der Waals surface area contributed by atoms with Crippen molar-refractivity contribution in [1.82, 2.24) is 4.98 Å². The van der Waals surface area contributed by atoms with Crippen LogP contribution in [-0.2, 0) is 0 Å². The van der Waals surface area contributed by atoms with Crippen LogP contribution in [0.5, 0.6) is 5.75 Å². The first-order valence-corrected chi connectivity index (χ1v) is 10.0. The number of aromatic nitrogens is 1. The lowest BCUT2D eigenvalue weighted by Gasteiger charge is -2.24. The van der Waals surface area contributed by atoms with E-state index in [1.54, 1.807) is 49.7 Å². The van der Waals surface area contributed by atoms with Gasteiger partial charge in [-0.3, -0.25) is 14.5 Å². The molecule has 2 aromatic carbocycles. The van der Waals surface area contributed by atoms with Crippen LogP contribution in [-0.4, -0.2) is 18.0 Å². The van der Waals surface area contributed by atoms with E-state index in [0.29, 0.717) is 33.1 Å². The van der Waals surface area contributed by atoms with Gasteiger partial charge < -0.3 is 9.15 Å². The van der Waals surface area contributed by atoms with Gasteiger partial charge in [0, 0.05) is 11.2 Å². The van der Waals surface area contributed by atoms with Crippen molar-refractivity contribution in [1.29, 1.82) is 0 Å². The van der Waals surface area contributed by atoms with Crippen molar-refractivity contribution in [2.45, 2.75) is 13.0 Å². The van der Waals surface area contributed by atoms with Crippen LogP contribution in [0.25, 0.3) is 11.0 Å². The molecule has 1 aliphatic heterocycles. The minimum atomic E-state index is -0.716. The Kier molecular flexibility index (Phi) is 4.52. The van der Waals surface area contributed by atoms with E-state index in [2.05, 4.69) is 4.98 Å². The number of aryl methyl sites for hydroxylation is 1. The maximum absolute atomic E-state index is 13.6. The largest absolute Gasteiger partial charge is 0.497 e. The maximum Gasteiger partial charge on any atom is 0.296 e. The highest BCUT2D eigenvalue weighted by molar-refractivity contribution is 6.31. The molecule has 1 aliphatic rings. The molecule has 1 amide bonds. The van der Waals surface area contributed by atoms with Crippen molar-refractivity contribution in [3.8, 4) is 5.75 Å². The number of rotatable bonds is 3. The van der Waals surface area contributed by atoms with Crippen molar-refractivity contribution in [2.24, 2.45) is 0 Å². The van der Waals surface area contributed by atoms with Gasteiger partial charge in [0.15, 0.2) is 5.43 Å². The number of fused-ring (bicyclic) bond motifs is 2. The molecule has 7 heteroatoms. The highest BCUT2D eigenvalue weighted by Crippen LogP contribution is 2.41. The normalized spacial score (nSPS) is 15.4. The summed E-state index contributed by atoms with van der Waals surface area (Å²) in [6.45, 7) is 1.92. The number of hydrogen-bond acceptors (Lipinski definition) is 5. The second-order valence-corrected chi connectivity index (χ2v) is 7.80. The van der Waals surface area contributed by atoms with Crippen LogP contribution in [0.4, 0.5) is 5.82 Å². The van der Waals surface area contributed by atoms with E-state index in [-0.39, 0.29) is 16.8 Å². The lowest BCUT2D eigenvalue weighted by atomic mass is 9.98. The quantitative estimate of drug-likeness (QED) is 0.460. The minimum Gasteiger partial charge on any atom is -0.497 e. The number of hydrogen-bond donors (Lipinski definition) is 0. The van der Waals surface area contributed by atoms with Gasteiger partial charge >= 0.3 is 0 Å². The molecule has 0 fully saturated rings. The van der Waals surface area contributed by atoms with Gasteiger partial charge in [-0.2, -0.15) is 0 Å². The summed E-state index contributed by atoms with van der Waals surface area (Å²) in [6.07, 6.45) is 1.63. The Hall–Kier alpha value is -3.64. The van der Waals surface area contributed by atoms with Crippen LogP contribution >= 0.6 is 11.6 Å². The van der Waals surface area contributed by atoms with Gasteiger partial charge in [-0.15, -0.1) is 0 Å². The van der Waals surface area contributed by atoms with Gasteiger partial charge in [0.2, 0.25) is 5.76 Å². The second-order valence-electron chi connectivity index (χ2n) is 7.36. The fourth-order valence-corrected chi connectivity index (χ4v) is 4.13. The number of anilines is 1. The molecule has 0 saturated carbocycles. The van der Waals surface area contributed by atoms with Crippen LogP contribution in [0.1, 0.15) is 33.3 Å². The Morgan fingerprint density at radius 3 is 2.71 bits per heavy atom. The number of methoxy groups -OCH3 is 1. The molecule has 0 bridgehead atoms. The number of amides is 1. The number of carbonyl (C=O) groups is 1. The van der Waals surface area contributed by atoms with Gasteiger partial charge in [-0.1, -0.05) is 23.7 Å². The van der Waals surface area contributed by atoms with E-state index in [0.717, 1.165) is 5.56 Å². The van der Waals surface area contributed by atoms with E-state index in [4.69, 9.17) is 20.8 Å². The molecule has 0 radical (unpaired) electrons. The highest BCUT2D eigenvalue weighted by atomic mass is 35.5. The predicted octanol–water partition coefficient (Wildman–Crippen LogP) is 4.91. The van der Waals surface area contributed by atoms with Gasteiger partial charge in [0.25, 0.3) is 5.91 Å². The van der Waals surface area contributed by atoms with E-state index in [9.17, 15) is 9.59 Å². The molecule has 0 aliphatic carbocycles. The summed E-state index contributed by atoms with van der Waals surface area (Å²) in [5.41, 5.74) is 1.93. The SMILES string of the molecule is COc1cccc([C@H]2c3c(oc4ccc(Cl)cc4c3=O)C(=O)N2c2cc(C)ccn2)c1. The fourth-order valence-electron chi connectivity index (χ4n) is 3.96. The smallest absolute Gasteiger partial charge is 0.296 e. The molecule has 31 heavy (non-hydrogen) atoms. The van der Waals surface area contributed by atoms with Crippen LogP contribution in [0.15, 0.2) is 70.0 Å². The summed E-state index contributed by atoms with van der Waals surface area (Å²) < 4.78 is 11.3. The molecule has 0 N–H and O–H groups in total. The van der Waals surface area contributed by atoms with E-state index in [1.807, 2.05) is 25.1 Å². The Balaban J connectivity index is 1.83. The Labute approximate surface area is 182 Å². The topological polar surface area (TPSA) is 72.6 Å². The summed E-state index contributed by atoms with van der Waals surface area (Å²) in [5.74, 6) is 0.639. The molecule has 2 aromatic heterocycles.